The fourth-order valence-corrected chi connectivity index (χ4v) is 3.29. The number of rotatable bonds is 5. The molecule has 5 heteroatoms. The maximum atomic E-state index is 12.7. The second-order valence-electron chi connectivity index (χ2n) is 6.36. The first kappa shape index (κ1) is 17.6. The van der Waals surface area contributed by atoms with E-state index in [1.807, 2.05) is 11.9 Å². The highest BCUT2D eigenvalue weighted by atomic mass is 35.5. The lowest BCUT2D eigenvalue weighted by atomic mass is 10.0. The summed E-state index contributed by atoms with van der Waals surface area (Å²) in [5.74, 6) is 0.397. The Morgan fingerprint density at radius 2 is 1.86 bits per heavy atom. The van der Waals surface area contributed by atoms with Gasteiger partial charge in [0.1, 0.15) is 0 Å². The number of likely N-dealkylation sites (tertiary alicyclic amines) is 1. The molecular weight excluding hydrogens is 319 g/mol. The van der Waals surface area contributed by atoms with Crippen LogP contribution in [0.25, 0.3) is 0 Å². The molecule has 0 saturated carbocycles. The lowest BCUT2D eigenvalue weighted by molar-refractivity contribution is 0.0641. The molecular formula is C17H24Cl2N2O. The number of benzene rings is 1. The molecule has 1 aliphatic rings. The highest BCUT2D eigenvalue weighted by molar-refractivity contribution is 6.42. The first-order valence-corrected chi connectivity index (χ1v) is 8.60. The molecule has 1 saturated heterocycles. The molecule has 22 heavy (non-hydrogen) atoms. The van der Waals surface area contributed by atoms with E-state index in [4.69, 9.17) is 23.2 Å². The number of carbonyl (C=O) groups excluding carboxylic acids is 1. The Hall–Kier alpha value is -0.770. The number of nitrogens with zero attached hydrogens (tertiary/aromatic N) is 2. The van der Waals surface area contributed by atoms with E-state index in [0.29, 0.717) is 21.5 Å². The first-order chi connectivity index (χ1) is 10.4. The zero-order chi connectivity index (χ0) is 16.3. The highest BCUT2D eigenvalue weighted by Crippen LogP contribution is 2.24. The van der Waals surface area contributed by atoms with Gasteiger partial charge in [0.2, 0.25) is 0 Å². The second kappa shape index (κ2) is 7.67. The molecule has 1 fully saturated rings. The van der Waals surface area contributed by atoms with Gasteiger partial charge >= 0.3 is 0 Å². The number of hydrogen-bond acceptors (Lipinski definition) is 2. The first-order valence-electron chi connectivity index (χ1n) is 7.84. The van der Waals surface area contributed by atoms with Crippen molar-refractivity contribution in [1.29, 1.82) is 0 Å². The normalized spacial score (nSPS) is 17.0. The van der Waals surface area contributed by atoms with Gasteiger partial charge in [0, 0.05) is 25.2 Å². The van der Waals surface area contributed by atoms with Crippen LogP contribution in [0.1, 0.15) is 37.0 Å². The van der Waals surface area contributed by atoms with Gasteiger partial charge in [0.25, 0.3) is 5.91 Å². The van der Waals surface area contributed by atoms with Crippen LogP contribution in [0.2, 0.25) is 10.0 Å². The Balaban J connectivity index is 2.12. The summed E-state index contributed by atoms with van der Waals surface area (Å²) in [6, 6.07) is 5.26. The molecule has 1 aliphatic heterocycles. The molecule has 0 aromatic heterocycles. The van der Waals surface area contributed by atoms with Gasteiger partial charge in [-0.3, -0.25) is 4.79 Å². The Morgan fingerprint density at radius 3 is 2.41 bits per heavy atom. The lowest BCUT2D eigenvalue weighted by Crippen LogP contribution is -2.47. The summed E-state index contributed by atoms with van der Waals surface area (Å²) >= 11 is 12.0. The van der Waals surface area contributed by atoms with Crippen molar-refractivity contribution in [2.24, 2.45) is 5.92 Å². The maximum absolute atomic E-state index is 12.7. The zero-order valence-electron chi connectivity index (χ0n) is 13.5. The summed E-state index contributed by atoms with van der Waals surface area (Å²) in [7, 11) is 1.88. The van der Waals surface area contributed by atoms with Crippen molar-refractivity contribution in [3.8, 4) is 0 Å². The molecule has 1 heterocycles. The van der Waals surface area contributed by atoms with Gasteiger partial charge < -0.3 is 9.80 Å². The Bertz CT molecular complexity index is 527. The highest BCUT2D eigenvalue weighted by Gasteiger charge is 2.27. The molecule has 1 aromatic rings. The van der Waals surface area contributed by atoms with Gasteiger partial charge in [-0.05, 0) is 50.0 Å². The Labute approximate surface area is 143 Å². The summed E-state index contributed by atoms with van der Waals surface area (Å²) in [5, 5.41) is 0.889. The molecule has 122 valence electrons. The van der Waals surface area contributed by atoms with Crippen molar-refractivity contribution in [3.05, 3.63) is 33.8 Å². The number of halogens is 2. The van der Waals surface area contributed by atoms with Crippen LogP contribution in [0, 0.1) is 5.92 Å². The monoisotopic (exact) mass is 342 g/mol. The van der Waals surface area contributed by atoms with Gasteiger partial charge in [0.05, 0.1) is 10.0 Å². The molecule has 0 N–H and O–H groups in total. The van der Waals surface area contributed by atoms with Crippen LogP contribution in [0.3, 0.4) is 0 Å². The fourth-order valence-electron chi connectivity index (χ4n) is 2.99. The minimum atomic E-state index is -0.00327. The van der Waals surface area contributed by atoms with E-state index in [0.717, 1.165) is 19.6 Å². The van der Waals surface area contributed by atoms with Crippen molar-refractivity contribution >= 4 is 29.1 Å². The van der Waals surface area contributed by atoms with Crippen LogP contribution in [-0.4, -0.2) is 48.4 Å². The quantitative estimate of drug-likeness (QED) is 0.801. The van der Waals surface area contributed by atoms with Gasteiger partial charge in [-0.25, -0.2) is 0 Å². The number of likely N-dealkylation sites (N-methyl/N-ethyl adjacent to an activating group) is 1. The van der Waals surface area contributed by atoms with Crippen LogP contribution in [-0.2, 0) is 0 Å². The minimum absolute atomic E-state index is 0.00327. The van der Waals surface area contributed by atoms with Gasteiger partial charge in [0.15, 0.2) is 0 Å². The molecule has 1 amide bonds. The van der Waals surface area contributed by atoms with E-state index >= 15 is 0 Å². The maximum Gasteiger partial charge on any atom is 0.253 e. The molecule has 1 aromatic carbocycles. The van der Waals surface area contributed by atoms with Crippen molar-refractivity contribution < 1.29 is 4.79 Å². The van der Waals surface area contributed by atoms with Gasteiger partial charge in [-0.15, -0.1) is 0 Å². The number of carbonyl (C=O) groups is 1. The summed E-state index contributed by atoms with van der Waals surface area (Å²) in [5.41, 5.74) is 0.587. The van der Waals surface area contributed by atoms with E-state index in [2.05, 4.69) is 18.7 Å². The molecule has 1 atom stereocenters. The van der Waals surface area contributed by atoms with E-state index in [9.17, 15) is 4.79 Å². The Morgan fingerprint density at radius 1 is 1.23 bits per heavy atom. The standard InChI is InChI=1S/C17H24Cl2N2O/c1-12(2)16(11-21-8-4-5-9-21)20(3)17(22)13-6-7-14(18)15(19)10-13/h6-7,10,12,16H,4-5,8-9,11H2,1-3H3/t16-/m0/s1. The van der Waals surface area contributed by atoms with Gasteiger partial charge in [-0.1, -0.05) is 37.0 Å². The van der Waals surface area contributed by atoms with Crippen molar-refractivity contribution in [3.63, 3.8) is 0 Å². The number of amides is 1. The third-order valence-corrected chi connectivity index (χ3v) is 5.14. The average Bonchev–Trinajstić information content (AvgIpc) is 2.99. The minimum Gasteiger partial charge on any atom is -0.337 e. The largest absolute Gasteiger partial charge is 0.337 e. The zero-order valence-corrected chi connectivity index (χ0v) is 15.0. The summed E-state index contributed by atoms with van der Waals surface area (Å²) in [4.78, 5) is 17.0. The van der Waals surface area contributed by atoms with Crippen molar-refractivity contribution in [2.45, 2.75) is 32.7 Å². The molecule has 0 radical (unpaired) electrons. The SMILES string of the molecule is CC(C)[C@H](CN1CCCC1)N(C)C(=O)c1ccc(Cl)c(Cl)c1. The van der Waals surface area contributed by atoms with Crippen molar-refractivity contribution in [2.75, 3.05) is 26.7 Å². The van der Waals surface area contributed by atoms with Crippen LogP contribution in [0.15, 0.2) is 18.2 Å². The average molecular weight is 343 g/mol. The van der Waals surface area contributed by atoms with Crippen LogP contribution >= 0.6 is 23.2 Å². The predicted molar refractivity (Wildman–Crippen MR) is 92.9 cm³/mol. The fraction of sp³-hybridized carbons (Fsp3) is 0.588. The number of hydrogen-bond donors (Lipinski definition) is 0. The third kappa shape index (κ3) is 4.15. The lowest BCUT2D eigenvalue weighted by Gasteiger charge is -2.34. The van der Waals surface area contributed by atoms with Crippen molar-refractivity contribution in [1.82, 2.24) is 9.80 Å². The van der Waals surface area contributed by atoms with E-state index in [-0.39, 0.29) is 11.9 Å². The Kier molecular flexibility index (Phi) is 6.13. The van der Waals surface area contributed by atoms with Crippen LogP contribution in [0.5, 0.6) is 0 Å². The summed E-state index contributed by atoms with van der Waals surface area (Å²) < 4.78 is 0. The molecule has 0 unspecified atom stereocenters. The van der Waals surface area contributed by atoms with E-state index in [1.54, 1.807) is 18.2 Å². The third-order valence-electron chi connectivity index (χ3n) is 4.40. The predicted octanol–water partition coefficient (Wildman–Crippen LogP) is 4.19. The molecule has 3 nitrogen and oxygen atoms in total. The summed E-state index contributed by atoms with van der Waals surface area (Å²) in [6.07, 6.45) is 2.52. The molecule has 0 aliphatic carbocycles. The van der Waals surface area contributed by atoms with Crippen LogP contribution < -0.4 is 0 Å². The summed E-state index contributed by atoms with van der Waals surface area (Å²) in [6.45, 7) is 7.54. The van der Waals surface area contributed by atoms with E-state index < -0.39 is 0 Å². The second-order valence-corrected chi connectivity index (χ2v) is 7.18. The van der Waals surface area contributed by atoms with E-state index in [1.165, 1.54) is 12.8 Å². The molecule has 0 spiro atoms. The smallest absolute Gasteiger partial charge is 0.253 e. The van der Waals surface area contributed by atoms with Crippen LogP contribution in [0.4, 0.5) is 0 Å². The topological polar surface area (TPSA) is 23.6 Å². The van der Waals surface area contributed by atoms with Gasteiger partial charge in [-0.2, -0.15) is 0 Å². The molecule has 2 rings (SSSR count). The molecule has 0 bridgehead atoms.